The van der Waals surface area contributed by atoms with Gasteiger partial charge in [-0.25, -0.2) is 14.4 Å². The summed E-state index contributed by atoms with van der Waals surface area (Å²) in [6.07, 6.45) is 4.44. The van der Waals surface area contributed by atoms with Gasteiger partial charge in [0.25, 0.3) is 5.91 Å². The van der Waals surface area contributed by atoms with Gasteiger partial charge in [-0.15, -0.1) is 0 Å². The SMILES string of the molecule is C=CC(=O)N[C@@H](C)c1nc(-c2cccc(C(=O)Nc3ccc(C)c(F)c3)c2)c2c(N)nccn12. The number of nitrogens with one attached hydrogen (secondary N) is 2. The van der Waals surface area contributed by atoms with Crippen molar-refractivity contribution in [2.24, 2.45) is 0 Å². The molecule has 0 aliphatic carbocycles. The Kier molecular flexibility index (Phi) is 6.09. The van der Waals surface area contributed by atoms with E-state index < -0.39 is 17.8 Å². The van der Waals surface area contributed by atoms with E-state index in [1.54, 1.807) is 67.0 Å². The van der Waals surface area contributed by atoms with E-state index in [4.69, 9.17) is 10.7 Å². The van der Waals surface area contributed by atoms with Crippen LogP contribution >= 0.6 is 0 Å². The molecule has 4 rings (SSSR count). The largest absolute Gasteiger partial charge is 0.382 e. The lowest BCUT2D eigenvalue weighted by Crippen LogP contribution is -2.26. The van der Waals surface area contributed by atoms with Crippen molar-refractivity contribution < 1.29 is 14.0 Å². The van der Waals surface area contributed by atoms with Crippen LogP contribution in [-0.4, -0.2) is 26.2 Å². The molecule has 0 aliphatic rings. The minimum Gasteiger partial charge on any atom is -0.382 e. The van der Waals surface area contributed by atoms with Crippen LogP contribution in [0.5, 0.6) is 0 Å². The first kappa shape index (κ1) is 22.7. The minimum absolute atomic E-state index is 0.253. The number of hydrogen-bond donors (Lipinski definition) is 3. The van der Waals surface area contributed by atoms with Gasteiger partial charge in [0.1, 0.15) is 28.7 Å². The summed E-state index contributed by atoms with van der Waals surface area (Å²) < 4.78 is 15.6. The van der Waals surface area contributed by atoms with Crippen LogP contribution < -0.4 is 16.4 Å². The highest BCUT2D eigenvalue weighted by atomic mass is 19.1. The van der Waals surface area contributed by atoms with Gasteiger partial charge in [0.15, 0.2) is 0 Å². The number of carbonyl (C=O) groups excluding carboxylic acids is 2. The first-order chi connectivity index (χ1) is 16.3. The number of imidazole rings is 1. The average Bonchev–Trinajstić information content (AvgIpc) is 3.22. The van der Waals surface area contributed by atoms with E-state index in [-0.39, 0.29) is 11.7 Å². The van der Waals surface area contributed by atoms with E-state index in [0.29, 0.717) is 39.4 Å². The molecule has 8 nitrogen and oxygen atoms in total. The van der Waals surface area contributed by atoms with Crippen LogP contribution in [-0.2, 0) is 4.79 Å². The molecule has 0 unspecified atom stereocenters. The quantitative estimate of drug-likeness (QED) is 0.377. The maximum Gasteiger partial charge on any atom is 0.255 e. The molecule has 0 spiro atoms. The molecule has 1 atom stereocenters. The van der Waals surface area contributed by atoms with Gasteiger partial charge in [0.05, 0.1) is 6.04 Å². The Labute approximate surface area is 195 Å². The molecule has 0 saturated heterocycles. The lowest BCUT2D eigenvalue weighted by atomic mass is 10.1. The highest BCUT2D eigenvalue weighted by Crippen LogP contribution is 2.30. The van der Waals surface area contributed by atoms with Crippen LogP contribution in [0.25, 0.3) is 16.8 Å². The summed E-state index contributed by atoms with van der Waals surface area (Å²) >= 11 is 0. The molecule has 0 fully saturated rings. The lowest BCUT2D eigenvalue weighted by Gasteiger charge is -2.11. The van der Waals surface area contributed by atoms with Gasteiger partial charge >= 0.3 is 0 Å². The number of nitrogens with zero attached hydrogens (tertiary/aromatic N) is 3. The Morgan fingerprint density at radius 1 is 1.24 bits per heavy atom. The molecule has 2 heterocycles. The van der Waals surface area contributed by atoms with Crippen molar-refractivity contribution in [3.05, 3.63) is 90.3 Å². The zero-order valence-electron chi connectivity index (χ0n) is 18.7. The molecular weight excluding hydrogens is 435 g/mol. The molecule has 0 bridgehead atoms. The first-order valence-corrected chi connectivity index (χ1v) is 10.5. The summed E-state index contributed by atoms with van der Waals surface area (Å²) in [5.41, 5.74) is 9.07. The van der Waals surface area contributed by atoms with Gasteiger partial charge in [-0.2, -0.15) is 0 Å². The number of aromatic nitrogens is 3. The number of fused-ring (bicyclic) bond motifs is 1. The fraction of sp³-hybridized carbons (Fsp3) is 0.120. The number of anilines is 2. The topological polar surface area (TPSA) is 114 Å². The predicted molar refractivity (Wildman–Crippen MR) is 129 cm³/mol. The third kappa shape index (κ3) is 4.36. The number of amides is 2. The van der Waals surface area contributed by atoms with Crippen LogP contribution in [0.15, 0.2) is 67.5 Å². The van der Waals surface area contributed by atoms with Crippen molar-refractivity contribution in [1.29, 1.82) is 0 Å². The van der Waals surface area contributed by atoms with E-state index in [1.165, 1.54) is 12.1 Å². The number of benzene rings is 2. The normalized spacial score (nSPS) is 11.7. The molecule has 4 aromatic rings. The van der Waals surface area contributed by atoms with Crippen molar-refractivity contribution in [3.63, 3.8) is 0 Å². The second-order valence-corrected chi connectivity index (χ2v) is 7.78. The number of aryl methyl sites for hydroxylation is 1. The molecular formula is C25H23FN6O2. The van der Waals surface area contributed by atoms with Gasteiger partial charge in [0.2, 0.25) is 5.91 Å². The summed E-state index contributed by atoms with van der Waals surface area (Å²) in [5, 5.41) is 5.50. The maximum absolute atomic E-state index is 13.9. The molecule has 0 radical (unpaired) electrons. The summed E-state index contributed by atoms with van der Waals surface area (Å²) in [4.78, 5) is 33.5. The molecule has 2 aromatic heterocycles. The Morgan fingerprint density at radius 3 is 2.76 bits per heavy atom. The molecule has 2 aromatic carbocycles. The van der Waals surface area contributed by atoms with Gasteiger partial charge in [0, 0.05) is 29.2 Å². The zero-order valence-corrected chi connectivity index (χ0v) is 18.7. The van der Waals surface area contributed by atoms with Crippen LogP contribution in [0, 0.1) is 12.7 Å². The second-order valence-electron chi connectivity index (χ2n) is 7.78. The fourth-order valence-corrected chi connectivity index (χ4v) is 3.61. The minimum atomic E-state index is -0.448. The Bertz CT molecular complexity index is 1430. The van der Waals surface area contributed by atoms with Crippen LogP contribution in [0.4, 0.5) is 15.9 Å². The first-order valence-electron chi connectivity index (χ1n) is 10.5. The van der Waals surface area contributed by atoms with E-state index in [2.05, 4.69) is 22.2 Å². The van der Waals surface area contributed by atoms with E-state index in [0.717, 1.165) is 0 Å². The highest BCUT2D eigenvalue weighted by Gasteiger charge is 2.21. The van der Waals surface area contributed by atoms with Crippen LogP contribution in [0.1, 0.15) is 34.7 Å². The highest BCUT2D eigenvalue weighted by molar-refractivity contribution is 6.05. The number of carbonyl (C=O) groups is 2. The third-order valence-electron chi connectivity index (χ3n) is 5.37. The summed E-state index contributed by atoms with van der Waals surface area (Å²) in [5.74, 6) is -0.336. The second kappa shape index (κ2) is 9.14. The third-order valence-corrected chi connectivity index (χ3v) is 5.37. The number of rotatable bonds is 6. The summed E-state index contributed by atoms with van der Waals surface area (Å²) in [6.45, 7) is 6.92. The lowest BCUT2D eigenvalue weighted by molar-refractivity contribution is -0.117. The summed E-state index contributed by atoms with van der Waals surface area (Å²) in [7, 11) is 0. The molecule has 172 valence electrons. The van der Waals surface area contributed by atoms with Gasteiger partial charge in [-0.1, -0.05) is 24.8 Å². The molecule has 4 N–H and O–H groups in total. The van der Waals surface area contributed by atoms with Crippen molar-refractivity contribution in [2.75, 3.05) is 11.1 Å². The maximum atomic E-state index is 13.9. The van der Waals surface area contributed by atoms with Crippen LogP contribution in [0.3, 0.4) is 0 Å². The molecule has 34 heavy (non-hydrogen) atoms. The molecule has 0 aliphatic heterocycles. The Balaban J connectivity index is 1.73. The van der Waals surface area contributed by atoms with Crippen molar-refractivity contribution in [3.8, 4) is 11.3 Å². The fourth-order valence-electron chi connectivity index (χ4n) is 3.61. The number of hydrogen-bond acceptors (Lipinski definition) is 5. The number of nitrogen functional groups attached to an aromatic ring is 1. The van der Waals surface area contributed by atoms with Gasteiger partial charge < -0.3 is 16.4 Å². The van der Waals surface area contributed by atoms with Crippen molar-refractivity contribution in [2.45, 2.75) is 19.9 Å². The Morgan fingerprint density at radius 2 is 2.03 bits per heavy atom. The van der Waals surface area contributed by atoms with Crippen molar-refractivity contribution >= 4 is 28.8 Å². The average molecular weight is 458 g/mol. The molecule has 2 amide bonds. The standard InChI is InChI=1S/C25H23FN6O2/c1-4-20(33)29-15(3)24-31-21(22-23(27)28-10-11-32(22)24)16-6-5-7-17(12-16)25(34)30-18-9-8-14(2)19(26)13-18/h4-13,15H,1H2,2-3H3,(H2,27,28)(H,29,33)(H,30,34)/t15-/m0/s1. The van der Waals surface area contributed by atoms with Gasteiger partial charge in [-0.3, -0.25) is 14.0 Å². The number of halogens is 1. The van der Waals surface area contributed by atoms with Gasteiger partial charge in [-0.05, 0) is 49.8 Å². The van der Waals surface area contributed by atoms with Crippen LogP contribution in [0.2, 0.25) is 0 Å². The van der Waals surface area contributed by atoms with E-state index >= 15 is 0 Å². The number of nitrogens with two attached hydrogens (primary N) is 1. The van der Waals surface area contributed by atoms with E-state index in [9.17, 15) is 14.0 Å². The van der Waals surface area contributed by atoms with Crippen molar-refractivity contribution in [1.82, 2.24) is 19.7 Å². The molecule has 9 heteroatoms. The van der Waals surface area contributed by atoms with E-state index in [1.807, 2.05) is 0 Å². The smallest absolute Gasteiger partial charge is 0.255 e. The predicted octanol–water partition coefficient (Wildman–Crippen LogP) is 4.04. The summed E-state index contributed by atoms with van der Waals surface area (Å²) in [6, 6.07) is 10.9. The zero-order chi connectivity index (χ0) is 24.4. The Hall–Kier alpha value is -4.53. The monoisotopic (exact) mass is 458 g/mol. The molecule has 0 saturated carbocycles.